The lowest BCUT2D eigenvalue weighted by Gasteiger charge is -2.20. The van der Waals surface area contributed by atoms with E-state index in [-0.39, 0.29) is 24.4 Å². The third-order valence-electron chi connectivity index (χ3n) is 2.69. The second-order valence-corrected chi connectivity index (χ2v) is 3.70. The zero-order chi connectivity index (χ0) is 11.1. The van der Waals surface area contributed by atoms with Crippen LogP contribution in [-0.2, 0) is 0 Å². The maximum Gasteiger partial charge on any atom is 0.325 e. The van der Waals surface area contributed by atoms with Crippen LogP contribution in [0.25, 0.3) is 0 Å². The minimum atomic E-state index is -0.361. The van der Waals surface area contributed by atoms with E-state index in [1.54, 1.807) is 0 Å². The summed E-state index contributed by atoms with van der Waals surface area (Å²) < 4.78 is 0. The lowest BCUT2D eigenvalue weighted by molar-refractivity contribution is 0.242. The maximum absolute atomic E-state index is 11.7. The van der Waals surface area contributed by atoms with E-state index < -0.39 is 0 Å². The van der Waals surface area contributed by atoms with Gasteiger partial charge in [0, 0.05) is 5.69 Å². The van der Waals surface area contributed by atoms with Crippen molar-refractivity contribution in [3.05, 3.63) is 30.3 Å². The quantitative estimate of drug-likeness (QED) is 0.629. The van der Waals surface area contributed by atoms with Crippen molar-refractivity contribution in [1.29, 1.82) is 0 Å². The van der Waals surface area contributed by atoms with Crippen LogP contribution in [0.15, 0.2) is 30.3 Å². The summed E-state index contributed by atoms with van der Waals surface area (Å²) in [5, 5.41) is 8.00. The predicted octanol–water partition coefficient (Wildman–Crippen LogP) is 0.181. The Kier molecular flexibility index (Phi) is 1.76. The number of nitrogens with zero attached hydrogens (tertiary/aromatic N) is 1. The molecule has 0 aromatic heterocycles. The summed E-state index contributed by atoms with van der Waals surface area (Å²) in [6.45, 7) is 0. The monoisotopic (exact) mass is 218 g/mol. The number of carbonyl (C=O) groups excluding carboxylic acids is 2. The van der Waals surface area contributed by atoms with Crippen LogP contribution in [-0.4, -0.2) is 24.4 Å². The molecule has 3 N–H and O–H groups in total. The Hall–Kier alpha value is -2.24. The van der Waals surface area contributed by atoms with Gasteiger partial charge in [-0.1, -0.05) is 18.2 Å². The number of urea groups is 2. The number of benzene rings is 1. The normalized spacial score (nSPS) is 27.1. The molecule has 0 bridgehead atoms. The highest BCUT2D eigenvalue weighted by molar-refractivity contribution is 5.98. The third kappa shape index (κ3) is 1.19. The van der Waals surface area contributed by atoms with Crippen LogP contribution in [0.3, 0.4) is 0 Å². The summed E-state index contributed by atoms with van der Waals surface area (Å²) in [6.07, 6.45) is -0.720. The van der Waals surface area contributed by atoms with Crippen LogP contribution < -0.4 is 20.9 Å². The van der Waals surface area contributed by atoms with Crippen molar-refractivity contribution in [3.63, 3.8) is 0 Å². The highest BCUT2D eigenvalue weighted by Gasteiger charge is 2.46. The molecule has 82 valence electrons. The van der Waals surface area contributed by atoms with Crippen molar-refractivity contribution in [3.8, 4) is 0 Å². The van der Waals surface area contributed by atoms with Gasteiger partial charge in [-0.05, 0) is 12.1 Å². The highest BCUT2D eigenvalue weighted by Crippen LogP contribution is 2.22. The summed E-state index contributed by atoms with van der Waals surface area (Å²) in [5.74, 6) is 0. The average molecular weight is 218 g/mol. The van der Waals surface area contributed by atoms with Crippen molar-refractivity contribution < 1.29 is 9.59 Å². The first-order valence-electron chi connectivity index (χ1n) is 4.97. The topological polar surface area (TPSA) is 73.5 Å². The van der Waals surface area contributed by atoms with Crippen LogP contribution in [0, 0.1) is 0 Å². The van der Waals surface area contributed by atoms with Crippen LogP contribution >= 0.6 is 0 Å². The molecule has 1 aromatic carbocycles. The molecular weight excluding hydrogens is 208 g/mol. The Balaban J connectivity index is 1.95. The van der Waals surface area contributed by atoms with Crippen LogP contribution in [0.5, 0.6) is 0 Å². The maximum atomic E-state index is 11.7. The molecule has 3 rings (SSSR count). The first-order chi connectivity index (χ1) is 7.75. The molecule has 0 spiro atoms. The zero-order valence-corrected chi connectivity index (χ0v) is 8.31. The van der Waals surface area contributed by atoms with Crippen molar-refractivity contribution in [2.75, 3.05) is 4.90 Å². The van der Waals surface area contributed by atoms with Crippen LogP contribution in [0.1, 0.15) is 0 Å². The molecule has 6 nitrogen and oxygen atoms in total. The van der Waals surface area contributed by atoms with Gasteiger partial charge < -0.3 is 16.0 Å². The Morgan fingerprint density at radius 3 is 2.50 bits per heavy atom. The molecule has 2 heterocycles. The molecule has 16 heavy (non-hydrogen) atoms. The second kappa shape index (κ2) is 3.13. The fourth-order valence-electron chi connectivity index (χ4n) is 2.00. The molecule has 6 heteroatoms. The third-order valence-corrected chi connectivity index (χ3v) is 2.69. The molecule has 2 aliphatic heterocycles. The largest absolute Gasteiger partial charge is 0.325 e. The number of amides is 4. The van der Waals surface area contributed by atoms with Gasteiger partial charge in [-0.15, -0.1) is 0 Å². The predicted molar refractivity (Wildman–Crippen MR) is 56.7 cm³/mol. The number of anilines is 1. The van der Waals surface area contributed by atoms with E-state index in [0.29, 0.717) is 0 Å². The van der Waals surface area contributed by atoms with E-state index in [1.807, 2.05) is 30.3 Å². The number of nitrogens with one attached hydrogen (secondary N) is 3. The summed E-state index contributed by atoms with van der Waals surface area (Å²) in [6, 6.07) is 8.74. The first-order valence-corrected chi connectivity index (χ1v) is 4.97. The number of hydrogen-bond donors (Lipinski definition) is 3. The SMILES string of the molecule is O=C1N[C@@H]2NC(=O)N(c3ccccc3)[C@@H]2N1. The van der Waals surface area contributed by atoms with E-state index in [2.05, 4.69) is 16.0 Å². The Labute approximate surface area is 91.6 Å². The van der Waals surface area contributed by atoms with Gasteiger partial charge in [-0.2, -0.15) is 0 Å². The summed E-state index contributed by atoms with van der Waals surface area (Å²) in [4.78, 5) is 24.4. The van der Waals surface area contributed by atoms with Crippen molar-refractivity contribution in [1.82, 2.24) is 16.0 Å². The Morgan fingerprint density at radius 1 is 1.00 bits per heavy atom. The van der Waals surface area contributed by atoms with Gasteiger partial charge in [-0.25, -0.2) is 9.59 Å². The molecule has 2 fully saturated rings. The van der Waals surface area contributed by atoms with Gasteiger partial charge in [0.15, 0.2) is 6.17 Å². The molecule has 2 atom stereocenters. The van der Waals surface area contributed by atoms with Gasteiger partial charge in [0.05, 0.1) is 0 Å². The van der Waals surface area contributed by atoms with Gasteiger partial charge in [0.2, 0.25) is 0 Å². The first kappa shape index (κ1) is 9.02. The minimum absolute atomic E-state index is 0.214. The number of para-hydroxylation sites is 1. The van der Waals surface area contributed by atoms with Crippen molar-refractivity contribution in [2.45, 2.75) is 12.3 Å². The smallest absolute Gasteiger partial charge is 0.314 e. The van der Waals surface area contributed by atoms with Crippen LogP contribution in [0.4, 0.5) is 15.3 Å². The number of fused-ring (bicyclic) bond motifs is 1. The molecule has 0 aliphatic carbocycles. The van der Waals surface area contributed by atoms with E-state index in [0.717, 1.165) is 5.69 Å². The fourth-order valence-corrected chi connectivity index (χ4v) is 2.00. The lowest BCUT2D eigenvalue weighted by atomic mass is 10.3. The van der Waals surface area contributed by atoms with E-state index in [4.69, 9.17) is 0 Å². The van der Waals surface area contributed by atoms with Gasteiger partial charge in [0.25, 0.3) is 0 Å². The number of carbonyl (C=O) groups is 2. The Morgan fingerprint density at radius 2 is 1.75 bits per heavy atom. The second-order valence-electron chi connectivity index (χ2n) is 3.70. The van der Waals surface area contributed by atoms with E-state index in [9.17, 15) is 9.59 Å². The van der Waals surface area contributed by atoms with Crippen molar-refractivity contribution >= 4 is 17.7 Å². The molecule has 2 aliphatic rings. The molecule has 4 amide bonds. The molecule has 2 saturated heterocycles. The molecule has 1 aromatic rings. The van der Waals surface area contributed by atoms with Crippen molar-refractivity contribution in [2.24, 2.45) is 0 Å². The van der Waals surface area contributed by atoms with Gasteiger partial charge in [0.1, 0.15) is 6.17 Å². The van der Waals surface area contributed by atoms with E-state index in [1.165, 1.54) is 4.90 Å². The van der Waals surface area contributed by atoms with Gasteiger partial charge >= 0.3 is 12.1 Å². The van der Waals surface area contributed by atoms with E-state index >= 15 is 0 Å². The van der Waals surface area contributed by atoms with Crippen LogP contribution in [0.2, 0.25) is 0 Å². The fraction of sp³-hybridized carbons (Fsp3) is 0.200. The molecular formula is C10H10N4O2. The summed E-state index contributed by atoms with van der Waals surface area (Å²) >= 11 is 0. The summed E-state index contributed by atoms with van der Waals surface area (Å²) in [7, 11) is 0. The number of hydrogen-bond acceptors (Lipinski definition) is 2. The number of rotatable bonds is 1. The summed E-state index contributed by atoms with van der Waals surface area (Å²) in [5.41, 5.74) is 0.761. The molecule has 0 unspecified atom stereocenters. The lowest BCUT2D eigenvalue weighted by Crippen LogP contribution is -2.43. The standard InChI is InChI=1S/C10H10N4O2/c15-9-11-7-8(13-9)14(10(16)12-7)6-4-2-1-3-5-6/h1-5,7-8H,(H,12,16)(H2,11,13,15)/t7-,8+/m1/s1. The minimum Gasteiger partial charge on any atom is -0.314 e. The average Bonchev–Trinajstić information content (AvgIpc) is 2.74. The Bertz CT molecular complexity index is 447. The zero-order valence-electron chi connectivity index (χ0n) is 8.31. The highest BCUT2D eigenvalue weighted by atomic mass is 16.2. The van der Waals surface area contributed by atoms with Gasteiger partial charge in [-0.3, -0.25) is 4.90 Å². The molecule has 0 radical (unpaired) electrons. The molecule has 0 saturated carbocycles.